The minimum Gasteiger partial charge on any atom is -0.326 e. The van der Waals surface area contributed by atoms with Crippen molar-refractivity contribution in [3.63, 3.8) is 0 Å². The largest absolute Gasteiger partial charge is 0.326 e. The van der Waals surface area contributed by atoms with Gasteiger partial charge < -0.3 is 5.32 Å². The first-order valence-corrected chi connectivity index (χ1v) is 12.9. The number of aliphatic imine (C=N–C) groups is 1. The van der Waals surface area contributed by atoms with E-state index in [4.69, 9.17) is 23.2 Å². The molecular weight excluding hydrogens is 540 g/mol. The Morgan fingerprint density at radius 1 is 0.865 bits per heavy atom. The van der Waals surface area contributed by atoms with Crippen LogP contribution in [-0.4, -0.2) is 25.3 Å². The van der Waals surface area contributed by atoms with E-state index in [0.29, 0.717) is 15.7 Å². The molecule has 8 nitrogen and oxygen atoms in total. The van der Waals surface area contributed by atoms with Gasteiger partial charge in [-0.3, -0.25) is 14.8 Å². The van der Waals surface area contributed by atoms with Crippen molar-refractivity contribution in [3.05, 3.63) is 112 Å². The lowest BCUT2D eigenvalue weighted by molar-refractivity contribution is 0.0976. The Bertz CT molecular complexity index is 1560. The lowest BCUT2D eigenvalue weighted by Crippen LogP contribution is -2.36. The lowest BCUT2D eigenvalue weighted by atomic mass is 10.2. The van der Waals surface area contributed by atoms with Crippen LogP contribution in [0.25, 0.3) is 0 Å². The van der Waals surface area contributed by atoms with E-state index in [1.54, 1.807) is 30.3 Å². The summed E-state index contributed by atoms with van der Waals surface area (Å²) in [7, 11) is -3.89. The molecule has 1 aromatic heterocycles. The van der Waals surface area contributed by atoms with Gasteiger partial charge in [-0.15, -0.1) is 0 Å². The van der Waals surface area contributed by atoms with Gasteiger partial charge in [-0.05, 0) is 60.7 Å². The lowest BCUT2D eigenvalue weighted by Gasteiger charge is -2.13. The highest BCUT2D eigenvalue weighted by atomic mass is 35.5. The van der Waals surface area contributed by atoms with Crippen molar-refractivity contribution >= 4 is 62.4 Å². The second kappa shape index (κ2) is 11.4. The molecule has 0 unspecified atom stereocenters. The van der Waals surface area contributed by atoms with Crippen LogP contribution in [0.1, 0.15) is 10.4 Å². The summed E-state index contributed by atoms with van der Waals surface area (Å²) in [5, 5.41) is 6.12. The smallest absolute Gasteiger partial charge is 0.263 e. The van der Waals surface area contributed by atoms with Crippen LogP contribution in [0.3, 0.4) is 0 Å². The Kier molecular flexibility index (Phi) is 8.02. The summed E-state index contributed by atoms with van der Waals surface area (Å²) in [6.45, 7) is 0. The van der Waals surface area contributed by atoms with Gasteiger partial charge in [0.15, 0.2) is 5.82 Å². The fourth-order valence-electron chi connectivity index (χ4n) is 3.11. The third-order valence-electron chi connectivity index (χ3n) is 4.70. The Morgan fingerprint density at radius 2 is 1.57 bits per heavy atom. The molecule has 1 heterocycles. The number of benzene rings is 3. The maximum Gasteiger partial charge on any atom is 0.263 e. The van der Waals surface area contributed by atoms with Crippen molar-refractivity contribution in [2.75, 3.05) is 10.0 Å². The van der Waals surface area contributed by atoms with Crippen molar-refractivity contribution in [1.29, 1.82) is 0 Å². The third kappa shape index (κ3) is 7.26. The van der Waals surface area contributed by atoms with Gasteiger partial charge in [-0.2, -0.15) is 4.99 Å². The molecule has 12 heteroatoms. The maximum absolute atomic E-state index is 13.6. The van der Waals surface area contributed by atoms with E-state index >= 15 is 0 Å². The number of carbonyl (C=O) groups excluding carboxylic acids is 1. The molecule has 0 saturated carbocycles. The Morgan fingerprint density at radius 3 is 2.27 bits per heavy atom. The highest BCUT2D eigenvalue weighted by molar-refractivity contribution is 7.92. The van der Waals surface area contributed by atoms with Crippen molar-refractivity contribution in [2.45, 2.75) is 4.90 Å². The molecule has 0 aliphatic rings. The van der Waals surface area contributed by atoms with Gasteiger partial charge in [0.25, 0.3) is 15.9 Å². The number of nitrogens with zero attached hydrogens (tertiary/aromatic N) is 2. The van der Waals surface area contributed by atoms with Crippen LogP contribution in [0.2, 0.25) is 10.0 Å². The normalized spacial score (nSPS) is 11.6. The maximum atomic E-state index is 13.6. The van der Waals surface area contributed by atoms with Gasteiger partial charge >= 0.3 is 0 Å². The zero-order valence-corrected chi connectivity index (χ0v) is 21.1. The number of pyridine rings is 1. The summed E-state index contributed by atoms with van der Waals surface area (Å²) in [5.74, 6) is -1.26. The summed E-state index contributed by atoms with van der Waals surface area (Å²) in [4.78, 5) is 21.4. The summed E-state index contributed by atoms with van der Waals surface area (Å²) < 4.78 is 41.3. The van der Waals surface area contributed by atoms with E-state index in [9.17, 15) is 17.6 Å². The van der Waals surface area contributed by atoms with E-state index in [0.717, 1.165) is 6.07 Å². The minimum absolute atomic E-state index is 0.00621. The fraction of sp³-hybridized carbons (Fsp3) is 0. The van der Waals surface area contributed by atoms with Crippen LogP contribution in [0, 0.1) is 5.82 Å². The fourth-order valence-corrected chi connectivity index (χ4v) is 4.66. The summed E-state index contributed by atoms with van der Waals surface area (Å²) >= 11 is 12.1. The number of hydrogen-bond donors (Lipinski definition) is 3. The van der Waals surface area contributed by atoms with Crippen LogP contribution < -0.4 is 15.4 Å². The molecule has 0 aliphatic carbocycles. The molecule has 0 fully saturated rings. The third-order valence-corrected chi connectivity index (χ3v) is 6.50. The van der Waals surface area contributed by atoms with E-state index < -0.39 is 21.7 Å². The van der Waals surface area contributed by atoms with Crippen LogP contribution in [0.15, 0.2) is 101 Å². The summed E-state index contributed by atoms with van der Waals surface area (Å²) in [6.07, 6.45) is 0. The molecule has 4 aromatic rings. The summed E-state index contributed by atoms with van der Waals surface area (Å²) in [5.41, 5.74) is 0.452. The molecule has 1 amide bonds. The average molecular weight is 558 g/mol. The molecule has 0 radical (unpaired) electrons. The number of guanidine groups is 1. The molecular formula is C25H18Cl2FN5O3S. The monoisotopic (exact) mass is 557 g/mol. The number of anilines is 2. The average Bonchev–Trinajstić information content (AvgIpc) is 2.84. The van der Waals surface area contributed by atoms with Crippen LogP contribution in [-0.2, 0) is 10.0 Å². The molecule has 0 aliphatic heterocycles. The molecule has 0 spiro atoms. The number of amides is 1. The predicted molar refractivity (Wildman–Crippen MR) is 143 cm³/mol. The number of halogens is 3. The number of nitrogens with one attached hydrogen (secondary N) is 3. The molecule has 3 aromatic carbocycles. The van der Waals surface area contributed by atoms with Crippen molar-refractivity contribution < 1.29 is 17.6 Å². The van der Waals surface area contributed by atoms with Gasteiger partial charge in [0, 0.05) is 21.3 Å². The number of rotatable bonds is 6. The Labute approximate surface area is 222 Å². The Balaban J connectivity index is 1.65. The molecule has 37 heavy (non-hydrogen) atoms. The first kappa shape index (κ1) is 26.1. The van der Waals surface area contributed by atoms with Gasteiger partial charge in [0.1, 0.15) is 11.6 Å². The van der Waals surface area contributed by atoms with Gasteiger partial charge in [0.05, 0.1) is 4.90 Å². The molecule has 0 atom stereocenters. The SMILES string of the molecule is O=C(N/C(=N/c1cccc(NS(=O)(=O)c2ccccc2)n1)Nc1cc(Cl)cc(Cl)c1)c1cccc(F)c1. The molecule has 0 saturated heterocycles. The highest BCUT2D eigenvalue weighted by Gasteiger charge is 2.15. The van der Waals surface area contributed by atoms with Crippen LogP contribution in [0.4, 0.5) is 21.7 Å². The quantitative estimate of drug-likeness (QED) is 0.203. The first-order valence-electron chi connectivity index (χ1n) is 10.6. The van der Waals surface area contributed by atoms with E-state index in [1.165, 1.54) is 54.6 Å². The first-order chi connectivity index (χ1) is 17.7. The number of hydrogen-bond acceptors (Lipinski definition) is 5. The van der Waals surface area contributed by atoms with Crippen molar-refractivity contribution in [2.24, 2.45) is 4.99 Å². The second-order valence-corrected chi connectivity index (χ2v) is 10.1. The van der Waals surface area contributed by atoms with Crippen molar-refractivity contribution in [1.82, 2.24) is 10.3 Å². The van der Waals surface area contributed by atoms with E-state index in [-0.39, 0.29) is 28.1 Å². The molecule has 4 rings (SSSR count). The van der Waals surface area contributed by atoms with Gasteiger partial charge in [-0.1, -0.05) is 53.5 Å². The van der Waals surface area contributed by atoms with Crippen molar-refractivity contribution in [3.8, 4) is 0 Å². The highest BCUT2D eigenvalue weighted by Crippen LogP contribution is 2.23. The molecule has 188 valence electrons. The zero-order chi connectivity index (χ0) is 26.4. The van der Waals surface area contributed by atoms with Gasteiger partial charge in [0.2, 0.25) is 5.96 Å². The second-order valence-electron chi connectivity index (χ2n) is 7.51. The van der Waals surface area contributed by atoms with E-state index in [2.05, 4.69) is 25.3 Å². The van der Waals surface area contributed by atoms with E-state index in [1.807, 2.05) is 0 Å². The summed E-state index contributed by atoms with van der Waals surface area (Å²) in [6, 6.07) is 22.0. The topological polar surface area (TPSA) is 113 Å². The molecule has 0 bridgehead atoms. The Hall–Kier alpha value is -3.99. The zero-order valence-electron chi connectivity index (χ0n) is 18.8. The van der Waals surface area contributed by atoms with Gasteiger partial charge in [-0.25, -0.2) is 17.8 Å². The van der Waals surface area contributed by atoms with Crippen LogP contribution >= 0.6 is 23.2 Å². The number of sulfonamides is 1. The standard InChI is InChI=1S/C25H18Cl2FN5O3S/c26-17-13-18(27)15-20(14-17)29-25(32-24(34)16-6-4-7-19(28)12-16)31-22-10-5-11-23(30-22)33-37(35,36)21-8-2-1-3-9-21/h1-15H,(H3,29,30,31,32,33,34). The number of aromatic nitrogens is 1. The number of carbonyl (C=O) groups is 1. The predicted octanol–water partition coefficient (Wildman–Crippen LogP) is 5.86. The minimum atomic E-state index is -3.89. The molecule has 3 N–H and O–H groups in total. The van der Waals surface area contributed by atoms with Crippen LogP contribution in [0.5, 0.6) is 0 Å².